The summed E-state index contributed by atoms with van der Waals surface area (Å²) in [6, 6.07) is 21.8. The number of aromatic nitrogens is 2. The van der Waals surface area contributed by atoms with Crippen LogP contribution in [0, 0.1) is 0 Å². The van der Waals surface area contributed by atoms with Gasteiger partial charge in [-0.3, -0.25) is 5.10 Å². The molecule has 0 aliphatic rings. The summed E-state index contributed by atoms with van der Waals surface area (Å²) in [5.41, 5.74) is 3.10. The molecule has 3 N–H and O–H groups in total. The zero-order chi connectivity index (χ0) is 21.1. The van der Waals surface area contributed by atoms with E-state index < -0.39 is 10.0 Å². The largest absolute Gasteiger partial charge is 0.490 e. The third kappa shape index (κ3) is 4.20. The Labute approximate surface area is 174 Å². The Kier molecular flexibility index (Phi) is 5.54. The Balaban J connectivity index is 1.62. The number of aromatic amines is 1. The molecule has 0 amide bonds. The maximum Gasteiger partial charge on any atom is 0.238 e. The lowest BCUT2D eigenvalue weighted by atomic mass is 10.1. The molecule has 30 heavy (non-hydrogen) atoms. The summed E-state index contributed by atoms with van der Waals surface area (Å²) in [5, 5.41) is 13.4. The van der Waals surface area contributed by atoms with Gasteiger partial charge in [0.1, 0.15) is 24.2 Å². The summed E-state index contributed by atoms with van der Waals surface area (Å²) in [6.07, 6.45) is -0.197. The van der Waals surface area contributed by atoms with Crippen molar-refractivity contribution in [3.63, 3.8) is 0 Å². The molecule has 0 radical (unpaired) electrons. The highest BCUT2D eigenvalue weighted by Crippen LogP contribution is 2.30. The number of rotatable bonds is 7. The summed E-state index contributed by atoms with van der Waals surface area (Å²) in [7, 11) is -2.15. The van der Waals surface area contributed by atoms with Gasteiger partial charge in [-0.15, -0.1) is 0 Å². The molecule has 0 spiro atoms. The van der Waals surface area contributed by atoms with Crippen LogP contribution in [-0.2, 0) is 14.8 Å². The molecule has 0 saturated carbocycles. The second-order valence-corrected chi connectivity index (χ2v) is 8.36. The van der Waals surface area contributed by atoms with Gasteiger partial charge in [0.25, 0.3) is 0 Å². The van der Waals surface area contributed by atoms with Crippen molar-refractivity contribution < 1.29 is 17.9 Å². The lowest BCUT2D eigenvalue weighted by Crippen LogP contribution is -2.12. The molecule has 8 heteroatoms. The number of fused-ring (bicyclic) bond motifs is 1. The second kappa shape index (κ2) is 8.27. The number of hydrogen-bond donors (Lipinski definition) is 2. The molecule has 4 aromatic rings. The summed E-state index contributed by atoms with van der Waals surface area (Å²) in [6.45, 7) is 0.347. The van der Waals surface area contributed by atoms with Gasteiger partial charge in [0.15, 0.2) is 0 Å². The molecule has 7 nitrogen and oxygen atoms in total. The average Bonchev–Trinajstić information content (AvgIpc) is 3.18. The molecular weight excluding hydrogens is 402 g/mol. The number of hydrogen-bond acceptors (Lipinski definition) is 5. The maximum atomic E-state index is 11.7. The van der Waals surface area contributed by atoms with Crippen LogP contribution in [0.1, 0.15) is 11.7 Å². The van der Waals surface area contributed by atoms with E-state index in [1.807, 2.05) is 48.5 Å². The Morgan fingerprint density at radius 3 is 2.57 bits per heavy atom. The van der Waals surface area contributed by atoms with Crippen LogP contribution < -0.4 is 9.88 Å². The fraction of sp³-hybridized carbons (Fsp3) is 0.136. The molecule has 0 aliphatic heterocycles. The minimum absolute atomic E-state index is 0.0364. The van der Waals surface area contributed by atoms with Gasteiger partial charge >= 0.3 is 0 Å². The Morgan fingerprint density at radius 1 is 1.03 bits per heavy atom. The molecule has 154 valence electrons. The molecule has 0 saturated heterocycles. The van der Waals surface area contributed by atoms with Crippen LogP contribution in [-0.4, -0.2) is 32.3 Å². The van der Waals surface area contributed by atoms with Crippen LogP contribution in [0.3, 0.4) is 0 Å². The number of nitrogens with two attached hydrogens (primary N) is 1. The van der Waals surface area contributed by atoms with Crippen LogP contribution in [0.25, 0.3) is 22.2 Å². The van der Waals surface area contributed by atoms with E-state index in [0.717, 1.165) is 16.5 Å². The summed E-state index contributed by atoms with van der Waals surface area (Å²) < 4.78 is 34.9. The van der Waals surface area contributed by atoms with Gasteiger partial charge in [-0.05, 0) is 35.9 Å². The number of primary sulfonamides is 1. The fourth-order valence-corrected chi connectivity index (χ4v) is 3.82. The lowest BCUT2D eigenvalue weighted by molar-refractivity contribution is 0.0576. The predicted molar refractivity (Wildman–Crippen MR) is 115 cm³/mol. The zero-order valence-corrected chi connectivity index (χ0v) is 17.1. The number of ether oxygens (including phenoxy) is 2. The van der Waals surface area contributed by atoms with Gasteiger partial charge in [0.2, 0.25) is 10.0 Å². The number of sulfonamides is 1. The molecule has 1 atom stereocenters. The molecule has 1 aromatic heterocycles. The summed E-state index contributed by atoms with van der Waals surface area (Å²) in [5.74, 6) is 0.658. The smallest absolute Gasteiger partial charge is 0.238 e. The minimum Gasteiger partial charge on any atom is -0.490 e. The number of benzene rings is 3. The van der Waals surface area contributed by atoms with E-state index in [9.17, 15) is 8.42 Å². The number of H-pyrrole nitrogens is 1. The van der Waals surface area contributed by atoms with Gasteiger partial charge in [0, 0.05) is 18.1 Å². The van der Waals surface area contributed by atoms with E-state index in [1.54, 1.807) is 19.2 Å². The zero-order valence-electron chi connectivity index (χ0n) is 16.3. The van der Waals surface area contributed by atoms with E-state index in [-0.39, 0.29) is 11.0 Å². The van der Waals surface area contributed by atoms with Crippen LogP contribution in [0.5, 0.6) is 5.75 Å². The van der Waals surface area contributed by atoms with E-state index in [1.165, 1.54) is 12.1 Å². The van der Waals surface area contributed by atoms with Crippen molar-refractivity contribution >= 4 is 20.9 Å². The number of methoxy groups -OCH3 is 1. The van der Waals surface area contributed by atoms with E-state index in [4.69, 9.17) is 14.6 Å². The third-order valence-corrected chi connectivity index (χ3v) is 5.74. The highest BCUT2D eigenvalue weighted by atomic mass is 32.2. The van der Waals surface area contributed by atoms with Crippen molar-refractivity contribution in [1.82, 2.24) is 10.2 Å². The molecule has 0 bridgehead atoms. The average molecular weight is 423 g/mol. The van der Waals surface area contributed by atoms with Gasteiger partial charge in [-0.2, -0.15) is 5.10 Å². The van der Waals surface area contributed by atoms with Crippen LogP contribution >= 0.6 is 0 Å². The fourth-order valence-electron chi connectivity index (χ4n) is 3.26. The summed E-state index contributed by atoms with van der Waals surface area (Å²) in [4.78, 5) is 0.0364. The predicted octanol–water partition coefficient (Wildman–Crippen LogP) is 3.64. The highest BCUT2D eigenvalue weighted by Gasteiger charge is 2.15. The van der Waals surface area contributed by atoms with Gasteiger partial charge in [-0.25, -0.2) is 13.6 Å². The van der Waals surface area contributed by atoms with Crippen molar-refractivity contribution in [2.45, 2.75) is 11.0 Å². The van der Waals surface area contributed by atoms with Crippen molar-refractivity contribution in [3.8, 4) is 17.0 Å². The van der Waals surface area contributed by atoms with Gasteiger partial charge < -0.3 is 9.47 Å². The van der Waals surface area contributed by atoms with Crippen molar-refractivity contribution in [2.24, 2.45) is 5.14 Å². The van der Waals surface area contributed by atoms with Crippen molar-refractivity contribution in [2.75, 3.05) is 13.7 Å². The topological polar surface area (TPSA) is 107 Å². The third-order valence-electron chi connectivity index (χ3n) is 4.83. The molecule has 0 aliphatic carbocycles. The second-order valence-electron chi connectivity index (χ2n) is 6.80. The van der Waals surface area contributed by atoms with Crippen LogP contribution in [0.2, 0.25) is 0 Å². The number of nitrogens with zero attached hydrogens (tertiary/aromatic N) is 1. The van der Waals surface area contributed by atoms with Gasteiger partial charge in [-0.1, -0.05) is 42.5 Å². The standard InChI is InChI=1S/C22H21N3O4S/c1-28-21(15-6-3-2-4-7-15)14-29-17-10-11-20-19(13-17)22(25-24-20)16-8-5-9-18(12-16)30(23,26)27/h2-13,21H,14H2,1H3,(H,24,25)(H2,23,26,27). The molecule has 1 unspecified atom stereocenters. The molecule has 1 heterocycles. The molecular formula is C22H21N3O4S. The van der Waals surface area contributed by atoms with Crippen molar-refractivity contribution in [3.05, 3.63) is 78.4 Å². The first kappa shape index (κ1) is 20.1. The Morgan fingerprint density at radius 2 is 1.83 bits per heavy atom. The van der Waals surface area contributed by atoms with Gasteiger partial charge in [0.05, 0.1) is 10.4 Å². The first-order chi connectivity index (χ1) is 14.5. The molecule has 0 fully saturated rings. The van der Waals surface area contributed by atoms with Crippen LogP contribution in [0.15, 0.2) is 77.7 Å². The number of nitrogens with one attached hydrogen (secondary N) is 1. The van der Waals surface area contributed by atoms with Crippen molar-refractivity contribution in [1.29, 1.82) is 0 Å². The SMILES string of the molecule is COC(COc1ccc2[nH]nc(-c3cccc(S(N)(=O)=O)c3)c2c1)c1ccccc1. The normalized spacial score (nSPS) is 12.7. The first-order valence-electron chi connectivity index (χ1n) is 9.27. The quantitative estimate of drug-likeness (QED) is 0.472. The molecule has 4 rings (SSSR count). The van der Waals surface area contributed by atoms with Crippen LogP contribution in [0.4, 0.5) is 0 Å². The maximum absolute atomic E-state index is 11.7. The van der Waals surface area contributed by atoms with E-state index in [0.29, 0.717) is 23.6 Å². The summed E-state index contributed by atoms with van der Waals surface area (Å²) >= 11 is 0. The minimum atomic E-state index is -3.80. The first-order valence-corrected chi connectivity index (χ1v) is 10.8. The Hall–Kier alpha value is -3.20. The van der Waals surface area contributed by atoms with E-state index in [2.05, 4.69) is 10.2 Å². The highest BCUT2D eigenvalue weighted by molar-refractivity contribution is 7.89. The monoisotopic (exact) mass is 423 g/mol. The van der Waals surface area contributed by atoms with E-state index >= 15 is 0 Å². The molecule has 3 aromatic carbocycles. The Bertz CT molecular complexity index is 1270. The lowest BCUT2D eigenvalue weighted by Gasteiger charge is -2.16.